The van der Waals surface area contributed by atoms with E-state index < -0.39 is 0 Å². The first-order valence-corrected chi connectivity index (χ1v) is 5.79. The van der Waals surface area contributed by atoms with Crippen LogP contribution in [0.4, 0.5) is 0 Å². The minimum atomic E-state index is -0.217. The van der Waals surface area contributed by atoms with E-state index in [-0.39, 0.29) is 5.97 Å². The lowest BCUT2D eigenvalue weighted by molar-refractivity contribution is 0.0421. The highest BCUT2D eigenvalue weighted by Gasteiger charge is 2.15. The fourth-order valence-electron chi connectivity index (χ4n) is 1.92. The van der Waals surface area contributed by atoms with Gasteiger partial charge in [0.1, 0.15) is 0 Å². The van der Waals surface area contributed by atoms with Crippen LogP contribution in [-0.4, -0.2) is 25.7 Å². The van der Waals surface area contributed by atoms with Gasteiger partial charge in [0.15, 0.2) is 0 Å². The van der Waals surface area contributed by atoms with Crippen LogP contribution >= 0.6 is 0 Å². The van der Waals surface area contributed by atoms with Gasteiger partial charge in [-0.1, -0.05) is 18.2 Å². The molecule has 0 amide bonds. The zero-order valence-corrected chi connectivity index (χ0v) is 9.32. The molecule has 1 saturated heterocycles. The fraction of sp³-hybridized carbons (Fsp3) is 0.462. The lowest BCUT2D eigenvalue weighted by Crippen LogP contribution is -2.32. The van der Waals surface area contributed by atoms with E-state index in [2.05, 4.69) is 5.32 Å². The largest absolute Gasteiger partial charge is 0.462 e. The van der Waals surface area contributed by atoms with Crippen LogP contribution in [0, 0.1) is 5.92 Å². The Morgan fingerprint density at radius 3 is 2.88 bits per heavy atom. The molecule has 1 aromatic carbocycles. The van der Waals surface area contributed by atoms with Gasteiger partial charge in [-0.25, -0.2) is 4.79 Å². The summed E-state index contributed by atoms with van der Waals surface area (Å²) < 4.78 is 5.29. The minimum Gasteiger partial charge on any atom is -0.462 e. The second-order valence-corrected chi connectivity index (χ2v) is 4.18. The van der Waals surface area contributed by atoms with Crippen LogP contribution < -0.4 is 5.32 Å². The number of piperidine rings is 1. The Hall–Kier alpha value is -1.35. The van der Waals surface area contributed by atoms with Crippen molar-refractivity contribution in [2.45, 2.75) is 12.8 Å². The van der Waals surface area contributed by atoms with Crippen molar-refractivity contribution in [3.63, 3.8) is 0 Å². The summed E-state index contributed by atoms with van der Waals surface area (Å²) in [5.41, 5.74) is 0.631. The molecule has 1 heterocycles. The van der Waals surface area contributed by atoms with Crippen molar-refractivity contribution < 1.29 is 9.53 Å². The Morgan fingerprint density at radius 1 is 1.38 bits per heavy atom. The third-order valence-electron chi connectivity index (χ3n) is 2.86. The first kappa shape index (κ1) is 11.1. The van der Waals surface area contributed by atoms with Crippen molar-refractivity contribution >= 4 is 5.97 Å². The van der Waals surface area contributed by atoms with E-state index in [1.807, 2.05) is 18.2 Å². The van der Waals surface area contributed by atoms with Crippen LogP contribution in [0.25, 0.3) is 0 Å². The number of carbonyl (C=O) groups excluding carboxylic acids is 1. The number of rotatable bonds is 3. The summed E-state index contributed by atoms with van der Waals surface area (Å²) in [6.45, 7) is 2.58. The van der Waals surface area contributed by atoms with Crippen molar-refractivity contribution in [3.05, 3.63) is 35.9 Å². The predicted molar refractivity (Wildman–Crippen MR) is 62.3 cm³/mol. The number of nitrogens with one attached hydrogen (secondary N) is 1. The monoisotopic (exact) mass is 219 g/mol. The van der Waals surface area contributed by atoms with Gasteiger partial charge in [-0.2, -0.15) is 0 Å². The maximum atomic E-state index is 11.6. The number of ether oxygens (including phenoxy) is 1. The second kappa shape index (κ2) is 5.66. The molecule has 1 atom stereocenters. The zero-order chi connectivity index (χ0) is 11.2. The molecule has 1 N–H and O–H groups in total. The maximum Gasteiger partial charge on any atom is 0.338 e. The van der Waals surface area contributed by atoms with Crippen LogP contribution in [0.15, 0.2) is 30.3 Å². The van der Waals surface area contributed by atoms with Crippen molar-refractivity contribution in [1.29, 1.82) is 0 Å². The van der Waals surface area contributed by atoms with Crippen LogP contribution in [0.3, 0.4) is 0 Å². The third kappa shape index (κ3) is 3.07. The summed E-state index contributed by atoms with van der Waals surface area (Å²) in [4.78, 5) is 11.6. The van der Waals surface area contributed by atoms with Crippen LogP contribution in [0.5, 0.6) is 0 Å². The molecule has 0 aliphatic carbocycles. The second-order valence-electron chi connectivity index (χ2n) is 4.18. The average molecular weight is 219 g/mol. The average Bonchev–Trinajstić information content (AvgIpc) is 2.38. The minimum absolute atomic E-state index is 0.217. The maximum absolute atomic E-state index is 11.6. The van der Waals surface area contributed by atoms with Gasteiger partial charge in [0.05, 0.1) is 12.2 Å². The topological polar surface area (TPSA) is 38.3 Å². The van der Waals surface area contributed by atoms with E-state index in [4.69, 9.17) is 4.74 Å². The van der Waals surface area contributed by atoms with Crippen molar-refractivity contribution in [3.8, 4) is 0 Å². The predicted octanol–water partition coefficient (Wildman–Crippen LogP) is 1.84. The van der Waals surface area contributed by atoms with E-state index in [0.29, 0.717) is 18.1 Å². The van der Waals surface area contributed by atoms with Crippen molar-refractivity contribution in [2.75, 3.05) is 19.7 Å². The van der Waals surface area contributed by atoms with Gasteiger partial charge in [0.2, 0.25) is 0 Å². The molecule has 1 aliphatic rings. The molecule has 1 unspecified atom stereocenters. The molecule has 3 heteroatoms. The highest BCUT2D eigenvalue weighted by Crippen LogP contribution is 2.11. The fourth-order valence-corrected chi connectivity index (χ4v) is 1.92. The molecule has 86 valence electrons. The van der Waals surface area contributed by atoms with Gasteiger partial charge in [-0.05, 0) is 31.5 Å². The standard InChI is InChI=1S/C13H17NO2/c15-13(12-6-2-1-3-7-12)16-10-11-5-4-8-14-9-11/h1-3,6-7,11,14H,4-5,8-10H2. The number of benzene rings is 1. The molecule has 0 saturated carbocycles. The molecule has 1 aliphatic heterocycles. The van der Waals surface area contributed by atoms with Gasteiger partial charge < -0.3 is 10.1 Å². The number of hydrogen-bond donors (Lipinski definition) is 1. The summed E-state index contributed by atoms with van der Waals surface area (Å²) in [7, 11) is 0. The smallest absolute Gasteiger partial charge is 0.338 e. The normalized spacial score (nSPS) is 20.4. The molecular weight excluding hydrogens is 202 g/mol. The van der Waals surface area contributed by atoms with Gasteiger partial charge >= 0.3 is 5.97 Å². The summed E-state index contributed by atoms with van der Waals surface area (Å²) in [6.07, 6.45) is 2.32. The Balaban J connectivity index is 1.79. The Labute approximate surface area is 95.8 Å². The van der Waals surface area contributed by atoms with Gasteiger partial charge in [0, 0.05) is 12.5 Å². The number of hydrogen-bond acceptors (Lipinski definition) is 3. The molecule has 0 spiro atoms. The summed E-state index contributed by atoms with van der Waals surface area (Å²) in [5, 5.41) is 3.31. The molecule has 0 bridgehead atoms. The zero-order valence-electron chi connectivity index (χ0n) is 9.32. The summed E-state index contributed by atoms with van der Waals surface area (Å²) in [5.74, 6) is 0.257. The first-order chi connectivity index (χ1) is 7.86. The Bertz CT molecular complexity index is 331. The third-order valence-corrected chi connectivity index (χ3v) is 2.86. The van der Waals surface area contributed by atoms with Crippen molar-refractivity contribution in [2.24, 2.45) is 5.92 Å². The molecular formula is C13H17NO2. The molecule has 16 heavy (non-hydrogen) atoms. The van der Waals surface area contributed by atoms with E-state index in [9.17, 15) is 4.79 Å². The number of esters is 1. The molecule has 1 fully saturated rings. The Kier molecular flexibility index (Phi) is 3.94. The summed E-state index contributed by atoms with van der Waals surface area (Å²) in [6, 6.07) is 9.14. The highest BCUT2D eigenvalue weighted by molar-refractivity contribution is 5.89. The number of carbonyl (C=O) groups is 1. The van der Waals surface area contributed by atoms with Crippen LogP contribution in [-0.2, 0) is 4.74 Å². The van der Waals surface area contributed by atoms with E-state index in [0.717, 1.165) is 19.5 Å². The molecule has 2 rings (SSSR count). The molecule has 0 aromatic heterocycles. The van der Waals surface area contributed by atoms with Gasteiger partial charge in [-0.15, -0.1) is 0 Å². The van der Waals surface area contributed by atoms with Gasteiger partial charge in [-0.3, -0.25) is 0 Å². The SMILES string of the molecule is O=C(OCC1CCCNC1)c1ccccc1. The van der Waals surface area contributed by atoms with Crippen LogP contribution in [0.2, 0.25) is 0 Å². The molecule has 0 radical (unpaired) electrons. The Morgan fingerprint density at radius 2 is 2.19 bits per heavy atom. The summed E-state index contributed by atoms with van der Waals surface area (Å²) >= 11 is 0. The van der Waals surface area contributed by atoms with E-state index >= 15 is 0 Å². The lowest BCUT2D eigenvalue weighted by Gasteiger charge is -2.22. The molecule has 3 nitrogen and oxygen atoms in total. The van der Waals surface area contributed by atoms with E-state index in [1.165, 1.54) is 6.42 Å². The lowest BCUT2D eigenvalue weighted by atomic mass is 10.0. The van der Waals surface area contributed by atoms with Crippen LogP contribution in [0.1, 0.15) is 23.2 Å². The molecule has 1 aromatic rings. The van der Waals surface area contributed by atoms with E-state index in [1.54, 1.807) is 12.1 Å². The van der Waals surface area contributed by atoms with Gasteiger partial charge in [0.25, 0.3) is 0 Å². The quantitative estimate of drug-likeness (QED) is 0.788. The van der Waals surface area contributed by atoms with Crippen molar-refractivity contribution in [1.82, 2.24) is 5.32 Å². The first-order valence-electron chi connectivity index (χ1n) is 5.79. The highest BCUT2D eigenvalue weighted by atomic mass is 16.5.